The molecule has 0 radical (unpaired) electrons. The summed E-state index contributed by atoms with van der Waals surface area (Å²) >= 11 is 0. The first-order valence-corrected chi connectivity index (χ1v) is 5.56. The number of aryl methyl sites for hydroxylation is 1. The summed E-state index contributed by atoms with van der Waals surface area (Å²) in [4.78, 5) is 4.17. The van der Waals surface area contributed by atoms with Gasteiger partial charge in [-0.3, -0.25) is 4.98 Å². The average molecular weight is 230 g/mol. The van der Waals surface area contributed by atoms with Gasteiger partial charge in [0, 0.05) is 29.1 Å². The van der Waals surface area contributed by atoms with Gasteiger partial charge in [0.15, 0.2) is 0 Å². The zero-order valence-electron chi connectivity index (χ0n) is 9.94. The lowest BCUT2D eigenvalue weighted by Crippen LogP contribution is -2.05. The van der Waals surface area contributed by atoms with Gasteiger partial charge in [-0.05, 0) is 37.6 Å². The Hall–Kier alpha value is -1.74. The van der Waals surface area contributed by atoms with Gasteiger partial charge in [0.25, 0.3) is 0 Å². The van der Waals surface area contributed by atoms with E-state index >= 15 is 0 Å². The number of aromatic nitrogens is 1. The van der Waals surface area contributed by atoms with Crippen LogP contribution in [-0.2, 0) is 0 Å². The SMILES string of the molecule is Cc1ccc(-c2cc(C(C)N)ccc2F)cn1. The van der Waals surface area contributed by atoms with Crippen molar-refractivity contribution in [2.24, 2.45) is 5.73 Å². The Morgan fingerprint density at radius 1 is 1.24 bits per heavy atom. The highest BCUT2D eigenvalue weighted by Gasteiger charge is 2.08. The molecule has 2 aromatic rings. The monoisotopic (exact) mass is 230 g/mol. The van der Waals surface area contributed by atoms with Crippen molar-refractivity contribution in [3.05, 3.63) is 53.6 Å². The van der Waals surface area contributed by atoms with Crippen molar-refractivity contribution in [2.75, 3.05) is 0 Å². The van der Waals surface area contributed by atoms with Crippen LogP contribution in [0.15, 0.2) is 36.5 Å². The minimum absolute atomic E-state index is 0.104. The second-order valence-corrected chi connectivity index (χ2v) is 4.22. The van der Waals surface area contributed by atoms with Gasteiger partial charge in [0.1, 0.15) is 5.82 Å². The van der Waals surface area contributed by atoms with Gasteiger partial charge in [-0.25, -0.2) is 4.39 Å². The quantitative estimate of drug-likeness (QED) is 0.860. The smallest absolute Gasteiger partial charge is 0.131 e. The molecule has 0 bridgehead atoms. The predicted molar refractivity (Wildman–Crippen MR) is 67.0 cm³/mol. The van der Waals surface area contributed by atoms with Gasteiger partial charge >= 0.3 is 0 Å². The van der Waals surface area contributed by atoms with Crippen LogP contribution < -0.4 is 5.73 Å². The van der Waals surface area contributed by atoms with E-state index in [0.29, 0.717) is 5.56 Å². The molecule has 2 nitrogen and oxygen atoms in total. The summed E-state index contributed by atoms with van der Waals surface area (Å²) in [5.41, 5.74) is 8.95. The first kappa shape index (κ1) is 11.7. The third-order valence-corrected chi connectivity index (χ3v) is 2.74. The van der Waals surface area contributed by atoms with Crippen LogP contribution in [0.5, 0.6) is 0 Å². The summed E-state index contributed by atoms with van der Waals surface area (Å²) in [6, 6.07) is 8.58. The fourth-order valence-electron chi connectivity index (χ4n) is 1.67. The van der Waals surface area contributed by atoms with Gasteiger partial charge in [-0.2, -0.15) is 0 Å². The summed E-state index contributed by atoms with van der Waals surface area (Å²) in [6.07, 6.45) is 1.68. The minimum Gasteiger partial charge on any atom is -0.324 e. The van der Waals surface area contributed by atoms with Crippen LogP contribution in [0.2, 0.25) is 0 Å². The Labute approximate surface area is 100 Å². The lowest BCUT2D eigenvalue weighted by atomic mass is 10.0. The molecule has 0 aliphatic heterocycles. The van der Waals surface area contributed by atoms with E-state index in [1.807, 2.05) is 26.0 Å². The van der Waals surface area contributed by atoms with Crippen molar-refractivity contribution >= 4 is 0 Å². The maximum absolute atomic E-state index is 13.8. The molecule has 1 heterocycles. The highest BCUT2D eigenvalue weighted by Crippen LogP contribution is 2.25. The van der Waals surface area contributed by atoms with Crippen molar-refractivity contribution in [3.8, 4) is 11.1 Å². The average Bonchev–Trinajstić information content (AvgIpc) is 2.31. The molecule has 2 rings (SSSR count). The third kappa shape index (κ3) is 2.50. The van der Waals surface area contributed by atoms with Gasteiger partial charge in [-0.1, -0.05) is 12.1 Å². The summed E-state index contributed by atoms with van der Waals surface area (Å²) in [7, 11) is 0. The zero-order valence-corrected chi connectivity index (χ0v) is 9.94. The molecule has 1 unspecified atom stereocenters. The Kier molecular flexibility index (Phi) is 3.20. The number of hydrogen-bond donors (Lipinski definition) is 1. The topological polar surface area (TPSA) is 38.9 Å². The van der Waals surface area contributed by atoms with Crippen LogP contribution >= 0.6 is 0 Å². The van der Waals surface area contributed by atoms with Crippen molar-refractivity contribution < 1.29 is 4.39 Å². The molecule has 0 aliphatic carbocycles. The molecule has 88 valence electrons. The first-order valence-electron chi connectivity index (χ1n) is 5.56. The third-order valence-electron chi connectivity index (χ3n) is 2.74. The maximum Gasteiger partial charge on any atom is 0.131 e. The number of benzene rings is 1. The van der Waals surface area contributed by atoms with Crippen molar-refractivity contribution in [1.82, 2.24) is 4.98 Å². The molecular formula is C14H15FN2. The molecule has 1 aromatic heterocycles. The van der Waals surface area contributed by atoms with E-state index in [4.69, 9.17) is 5.73 Å². The number of nitrogens with two attached hydrogens (primary N) is 1. The van der Waals surface area contributed by atoms with Crippen LogP contribution in [0.3, 0.4) is 0 Å². The van der Waals surface area contributed by atoms with E-state index in [1.54, 1.807) is 18.3 Å². The fraction of sp³-hybridized carbons (Fsp3) is 0.214. The van der Waals surface area contributed by atoms with E-state index in [0.717, 1.165) is 16.8 Å². The molecule has 1 atom stereocenters. The summed E-state index contributed by atoms with van der Waals surface area (Å²) in [5.74, 6) is -0.250. The Morgan fingerprint density at radius 2 is 2.00 bits per heavy atom. The van der Waals surface area contributed by atoms with Gasteiger partial charge in [0.05, 0.1) is 0 Å². The Bertz CT molecular complexity index is 518. The molecule has 0 spiro atoms. The molecule has 3 heteroatoms. The highest BCUT2D eigenvalue weighted by atomic mass is 19.1. The van der Waals surface area contributed by atoms with E-state index in [2.05, 4.69) is 4.98 Å². The number of halogens is 1. The highest BCUT2D eigenvalue weighted by molar-refractivity contribution is 5.64. The number of pyridine rings is 1. The molecule has 0 aliphatic rings. The van der Waals surface area contributed by atoms with Gasteiger partial charge in [-0.15, -0.1) is 0 Å². The fourth-order valence-corrected chi connectivity index (χ4v) is 1.67. The van der Waals surface area contributed by atoms with Crippen LogP contribution in [0.25, 0.3) is 11.1 Å². The zero-order chi connectivity index (χ0) is 12.4. The lowest BCUT2D eigenvalue weighted by Gasteiger charge is -2.09. The van der Waals surface area contributed by atoms with Crippen molar-refractivity contribution in [2.45, 2.75) is 19.9 Å². The summed E-state index contributed by atoms with van der Waals surface area (Å²) in [5, 5.41) is 0. The molecule has 0 fully saturated rings. The largest absolute Gasteiger partial charge is 0.324 e. The van der Waals surface area contributed by atoms with E-state index in [-0.39, 0.29) is 11.9 Å². The van der Waals surface area contributed by atoms with Gasteiger partial charge in [0.2, 0.25) is 0 Å². The van der Waals surface area contributed by atoms with Gasteiger partial charge < -0.3 is 5.73 Å². The maximum atomic E-state index is 13.8. The first-order chi connectivity index (χ1) is 8.08. The van der Waals surface area contributed by atoms with Crippen LogP contribution in [0, 0.1) is 12.7 Å². The second kappa shape index (κ2) is 4.63. The number of hydrogen-bond acceptors (Lipinski definition) is 2. The minimum atomic E-state index is -0.250. The molecule has 0 saturated heterocycles. The van der Waals surface area contributed by atoms with Crippen LogP contribution in [0.1, 0.15) is 24.2 Å². The lowest BCUT2D eigenvalue weighted by molar-refractivity contribution is 0.629. The van der Waals surface area contributed by atoms with Crippen LogP contribution in [-0.4, -0.2) is 4.98 Å². The molecule has 0 saturated carbocycles. The predicted octanol–water partition coefficient (Wildman–Crippen LogP) is 3.22. The molecule has 1 aromatic carbocycles. The van der Waals surface area contributed by atoms with Crippen molar-refractivity contribution in [1.29, 1.82) is 0 Å². The molecule has 17 heavy (non-hydrogen) atoms. The van der Waals surface area contributed by atoms with E-state index < -0.39 is 0 Å². The van der Waals surface area contributed by atoms with Crippen molar-refractivity contribution in [3.63, 3.8) is 0 Å². The number of rotatable bonds is 2. The Morgan fingerprint density at radius 3 is 2.59 bits per heavy atom. The number of nitrogens with zero attached hydrogens (tertiary/aromatic N) is 1. The molecule has 2 N–H and O–H groups in total. The normalized spacial score (nSPS) is 12.5. The summed E-state index contributed by atoms with van der Waals surface area (Å²) in [6.45, 7) is 3.78. The van der Waals surface area contributed by atoms with Crippen LogP contribution in [0.4, 0.5) is 4.39 Å². The standard InChI is InChI=1S/C14H15FN2/c1-9-3-4-12(8-17-9)13-7-11(10(2)16)5-6-14(13)15/h3-8,10H,16H2,1-2H3. The van der Waals surface area contributed by atoms with E-state index in [1.165, 1.54) is 6.07 Å². The summed E-state index contributed by atoms with van der Waals surface area (Å²) < 4.78 is 13.8. The van der Waals surface area contributed by atoms with E-state index in [9.17, 15) is 4.39 Å². The molecular weight excluding hydrogens is 215 g/mol. The Balaban J connectivity index is 2.50. The molecule has 0 amide bonds. The second-order valence-electron chi connectivity index (χ2n) is 4.22.